The summed E-state index contributed by atoms with van der Waals surface area (Å²) in [6.45, 7) is -0.115. The fourth-order valence-corrected chi connectivity index (χ4v) is 10.6. The molecule has 4 aliphatic rings. The number of fused-ring (bicyclic) bond motifs is 12. The van der Waals surface area contributed by atoms with Crippen molar-refractivity contribution in [2.75, 3.05) is 14.7 Å². The molecular weight excluding hydrogens is 747 g/mol. The Bertz CT molecular complexity index is 3420. The third kappa shape index (κ3) is 4.36. The van der Waals surface area contributed by atoms with E-state index >= 15 is 0 Å². The van der Waals surface area contributed by atoms with Crippen LogP contribution in [-0.4, -0.2) is 11.3 Å². The monoisotopic (exact) mass is 780 g/mol. The van der Waals surface area contributed by atoms with Crippen molar-refractivity contribution in [3.63, 3.8) is 0 Å². The molecule has 284 valence electrons. The SMILES string of the molecule is c1ccc(N(c2ccccc2)c2cccc3c2c2cc4c5c(c2n3-c2ccccc2)Oc2ccccc2N5c2cccc3c2B4c2cccc4c2N3c2ccccc2O4)cc1. The third-order valence-corrected chi connectivity index (χ3v) is 12.9. The number of rotatable bonds is 4. The van der Waals surface area contributed by atoms with Gasteiger partial charge < -0.3 is 28.7 Å². The number of hydrogen-bond acceptors (Lipinski definition) is 5. The normalized spacial score (nSPS) is 13.4. The van der Waals surface area contributed by atoms with Crippen molar-refractivity contribution in [1.82, 2.24) is 4.57 Å². The summed E-state index contributed by atoms with van der Waals surface area (Å²) in [5, 5.41) is 2.26. The molecule has 1 aromatic heterocycles. The van der Waals surface area contributed by atoms with Crippen molar-refractivity contribution in [2.45, 2.75) is 0 Å². The molecule has 0 fully saturated rings. The van der Waals surface area contributed by atoms with Crippen LogP contribution in [-0.2, 0) is 0 Å². The predicted octanol–water partition coefficient (Wildman–Crippen LogP) is 12.5. The molecule has 0 radical (unpaired) electrons. The first-order chi connectivity index (χ1) is 30.3. The topological polar surface area (TPSA) is 33.1 Å². The van der Waals surface area contributed by atoms with E-state index in [0.717, 1.165) is 102 Å². The van der Waals surface area contributed by atoms with Crippen LogP contribution in [0.25, 0.3) is 27.5 Å². The van der Waals surface area contributed by atoms with Crippen molar-refractivity contribution in [3.8, 4) is 28.7 Å². The highest BCUT2D eigenvalue weighted by molar-refractivity contribution is 7.00. The quantitative estimate of drug-likeness (QED) is 0.166. The molecule has 61 heavy (non-hydrogen) atoms. The maximum Gasteiger partial charge on any atom is 0.252 e. The van der Waals surface area contributed by atoms with Gasteiger partial charge in [-0.25, -0.2) is 0 Å². The smallest absolute Gasteiger partial charge is 0.252 e. The minimum atomic E-state index is -0.115. The lowest BCUT2D eigenvalue weighted by Crippen LogP contribution is -2.61. The Labute approximate surface area is 352 Å². The number of ether oxygens (including phenoxy) is 2. The van der Waals surface area contributed by atoms with Gasteiger partial charge in [-0.05, 0) is 107 Å². The average Bonchev–Trinajstić information content (AvgIpc) is 3.66. The Morgan fingerprint density at radius 1 is 0.443 bits per heavy atom. The van der Waals surface area contributed by atoms with E-state index in [1.54, 1.807) is 0 Å². The van der Waals surface area contributed by atoms with E-state index in [0.29, 0.717) is 0 Å². The molecule has 0 bridgehead atoms. The molecule has 0 saturated heterocycles. The van der Waals surface area contributed by atoms with Crippen LogP contribution in [0.15, 0.2) is 200 Å². The van der Waals surface area contributed by atoms with E-state index in [1.807, 2.05) is 6.07 Å². The van der Waals surface area contributed by atoms with Gasteiger partial charge in [0.05, 0.1) is 39.5 Å². The molecule has 0 N–H and O–H groups in total. The summed E-state index contributed by atoms with van der Waals surface area (Å²) in [4.78, 5) is 7.28. The van der Waals surface area contributed by atoms with Gasteiger partial charge >= 0.3 is 0 Å². The van der Waals surface area contributed by atoms with Gasteiger partial charge in [0.1, 0.15) is 0 Å². The van der Waals surface area contributed by atoms with Crippen LogP contribution in [0.1, 0.15) is 0 Å². The highest BCUT2D eigenvalue weighted by atomic mass is 16.5. The van der Waals surface area contributed by atoms with E-state index in [4.69, 9.17) is 9.47 Å². The fraction of sp³-hybridized carbons (Fsp3) is 0. The first-order valence-electron chi connectivity index (χ1n) is 20.8. The molecule has 0 amide bonds. The Morgan fingerprint density at radius 3 is 1.70 bits per heavy atom. The molecule has 4 aliphatic heterocycles. The fourth-order valence-electron chi connectivity index (χ4n) is 10.6. The first-order valence-corrected chi connectivity index (χ1v) is 20.8. The third-order valence-electron chi connectivity index (χ3n) is 12.9. The molecule has 0 spiro atoms. The van der Waals surface area contributed by atoms with Gasteiger partial charge in [0.25, 0.3) is 6.71 Å². The molecule has 7 heteroatoms. The summed E-state index contributed by atoms with van der Waals surface area (Å²) in [6.07, 6.45) is 0. The maximum absolute atomic E-state index is 7.36. The van der Waals surface area contributed by atoms with Gasteiger partial charge in [0.2, 0.25) is 0 Å². The van der Waals surface area contributed by atoms with Gasteiger partial charge in [-0.1, -0.05) is 109 Å². The average molecular weight is 781 g/mol. The van der Waals surface area contributed by atoms with Crippen molar-refractivity contribution < 1.29 is 9.47 Å². The lowest BCUT2D eigenvalue weighted by Gasteiger charge is -2.47. The standard InChI is InChI=1S/C54H33BN4O2/c1-4-17-34(18-5-1)56(35-19-6-2-7-20-35)42-26-15-27-43-49(42)37-33-39-53-54(51(37)57(43)36-21-8-3-9-22-36)61-47-31-13-11-25-41(47)59(53)45-29-16-28-44-50(45)55(39)38-23-14-32-48-52(38)58(44)40-24-10-12-30-46(40)60-48/h1-33H. The van der Waals surface area contributed by atoms with Gasteiger partial charge in [-0.15, -0.1) is 0 Å². The maximum atomic E-state index is 7.36. The lowest BCUT2D eigenvalue weighted by atomic mass is 9.33. The zero-order valence-corrected chi connectivity index (χ0v) is 32.7. The molecule has 0 saturated carbocycles. The van der Waals surface area contributed by atoms with E-state index in [-0.39, 0.29) is 6.71 Å². The summed E-state index contributed by atoms with van der Waals surface area (Å²) in [7, 11) is 0. The van der Waals surface area contributed by atoms with Crippen LogP contribution in [0.5, 0.6) is 23.0 Å². The molecule has 0 atom stereocenters. The van der Waals surface area contributed by atoms with Crippen LogP contribution in [0.4, 0.5) is 51.2 Å². The highest BCUT2D eigenvalue weighted by Gasteiger charge is 2.48. The van der Waals surface area contributed by atoms with Crippen LogP contribution in [0.2, 0.25) is 0 Å². The van der Waals surface area contributed by atoms with Crippen molar-refractivity contribution in [3.05, 3.63) is 200 Å². The van der Waals surface area contributed by atoms with E-state index < -0.39 is 0 Å². The van der Waals surface area contributed by atoms with Crippen molar-refractivity contribution >= 4 is 96.1 Å². The van der Waals surface area contributed by atoms with E-state index in [2.05, 4.69) is 213 Å². The first kappa shape index (κ1) is 32.8. The molecule has 6 nitrogen and oxygen atoms in total. The van der Waals surface area contributed by atoms with Crippen molar-refractivity contribution in [1.29, 1.82) is 0 Å². The number of para-hydroxylation sites is 8. The number of nitrogens with zero attached hydrogens (tertiary/aromatic N) is 4. The zero-order valence-electron chi connectivity index (χ0n) is 32.7. The second-order valence-corrected chi connectivity index (χ2v) is 16.0. The van der Waals surface area contributed by atoms with Gasteiger partial charge in [-0.3, -0.25) is 0 Å². The number of hydrogen-bond donors (Lipinski definition) is 0. The van der Waals surface area contributed by atoms with Gasteiger partial charge in [0.15, 0.2) is 23.0 Å². The molecule has 0 unspecified atom stereocenters. The largest absolute Gasteiger partial charge is 0.453 e. The Kier molecular flexibility index (Phi) is 6.55. The number of aromatic nitrogens is 1. The Morgan fingerprint density at radius 2 is 1.00 bits per heavy atom. The van der Waals surface area contributed by atoms with E-state index in [9.17, 15) is 0 Å². The van der Waals surface area contributed by atoms with Gasteiger partial charge in [0, 0.05) is 39.2 Å². The van der Waals surface area contributed by atoms with Crippen molar-refractivity contribution in [2.24, 2.45) is 0 Å². The molecule has 5 heterocycles. The Hall–Kier alpha value is -8.16. The lowest BCUT2D eigenvalue weighted by molar-refractivity contribution is 0.477. The molecule has 9 aromatic carbocycles. The second-order valence-electron chi connectivity index (χ2n) is 16.0. The Balaban J connectivity index is 1.16. The molecular formula is C54H33BN4O2. The van der Waals surface area contributed by atoms with Crippen LogP contribution in [0.3, 0.4) is 0 Å². The predicted molar refractivity (Wildman–Crippen MR) is 250 cm³/mol. The minimum Gasteiger partial charge on any atom is -0.453 e. The molecule has 10 aromatic rings. The summed E-state index contributed by atoms with van der Waals surface area (Å²) in [5.41, 5.74) is 16.6. The number of benzene rings is 9. The minimum absolute atomic E-state index is 0.115. The number of anilines is 9. The summed E-state index contributed by atoms with van der Waals surface area (Å²) >= 11 is 0. The molecule has 0 aliphatic carbocycles. The zero-order chi connectivity index (χ0) is 39.8. The van der Waals surface area contributed by atoms with Gasteiger partial charge in [-0.2, -0.15) is 0 Å². The molecule has 14 rings (SSSR count). The van der Waals surface area contributed by atoms with E-state index in [1.165, 1.54) is 16.4 Å². The summed E-state index contributed by atoms with van der Waals surface area (Å²) in [6, 6.07) is 71.5. The van der Waals surface area contributed by atoms with Crippen LogP contribution < -0.4 is 40.6 Å². The summed E-state index contributed by atoms with van der Waals surface area (Å²) < 4.78 is 16.5. The van der Waals surface area contributed by atoms with Crippen LogP contribution in [0, 0.1) is 0 Å². The highest BCUT2D eigenvalue weighted by Crippen LogP contribution is 2.58. The van der Waals surface area contributed by atoms with Crippen LogP contribution >= 0.6 is 0 Å². The second kappa shape index (κ2) is 12.2. The summed E-state index contributed by atoms with van der Waals surface area (Å²) in [5.74, 6) is 3.37.